The van der Waals surface area contributed by atoms with E-state index in [0.29, 0.717) is 40.9 Å². The molecule has 1 aliphatic rings. The van der Waals surface area contributed by atoms with E-state index in [1.165, 1.54) is 11.7 Å². The molecule has 1 N–H and O–H groups in total. The zero-order valence-corrected chi connectivity index (χ0v) is 23.5. The monoisotopic (exact) mass is 602 g/mol. The molecule has 1 aromatic heterocycles. The Morgan fingerprint density at radius 3 is 2.56 bits per heavy atom. The standard InChI is InChI=1S/C26H23ClN4O9S/c1-4-6-17-21(25(34)40-5-2)22(16-11-14(27)7-8-19(16)39-3)29-24(33)20(41-26(29)28-17)10-13-9-15(30(35)36)12-18(23(13)32)31(37)38/h7-12,22,32H,4-6H2,1-3H3/b20-10+/t22-/m0/s1. The normalized spacial score (nSPS) is 14.8. The number of rotatable bonds is 9. The Hall–Kier alpha value is -4.56. The van der Waals surface area contributed by atoms with E-state index in [4.69, 9.17) is 21.1 Å². The van der Waals surface area contributed by atoms with Crippen LogP contribution in [0.25, 0.3) is 6.08 Å². The number of halogens is 1. The number of fused-ring (bicyclic) bond motifs is 1. The Kier molecular flexibility index (Phi) is 8.54. The van der Waals surface area contributed by atoms with Crippen LogP contribution in [0.3, 0.4) is 0 Å². The van der Waals surface area contributed by atoms with Crippen molar-refractivity contribution in [2.75, 3.05) is 13.7 Å². The molecule has 2 heterocycles. The Morgan fingerprint density at radius 2 is 1.95 bits per heavy atom. The van der Waals surface area contributed by atoms with E-state index in [0.717, 1.165) is 23.5 Å². The number of nitro groups is 2. The van der Waals surface area contributed by atoms with Crippen LogP contribution >= 0.6 is 22.9 Å². The second-order valence-corrected chi connectivity index (χ2v) is 10.2. The number of methoxy groups -OCH3 is 1. The lowest BCUT2D eigenvalue weighted by Crippen LogP contribution is -2.40. The van der Waals surface area contributed by atoms with Crippen LogP contribution in [0.15, 0.2) is 51.4 Å². The number of ether oxygens (including phenoxy) is 2. The summed E-state index contributed by atoms with van der Waals surface area (Å²) in [4.78, 5) is 53.0. The summed E-state index contributed by atoms with van der Waals surface area (Å²) in [6.45, 7) is 3.61. The number of hydrogen-bond donors (Lipinski definition) is 1. The first-order valence-corrected chi connectivity index (χ1v) is 13.4. The van der Waals surface area contributed by atoms with E-state index in [1.807, 2.05) is 6.92 Å². The second kappa shape index (κ2) is 11.9. The molecule has 1 atom stereocenters. The SMILES string of the molecule is CCCC1=C(C(=O)OCC)[C@H](c2cc(Cl)ccc2OC)n2c(s/c(=C/c3cc([N+](=O)[O-])cc([N+](=O)[O-])c3O)c2=O)=N1. The van der Waals surface area contributed by atoms with Gasteiger partial charge in [0.05, 0.1) is 45.4 Å². The molecule has 0 amide bonds. The third-order valence-corrected chi connectivity index (χ3v) is 7.39. The van der Waals surface area contributed by atoms with Crippen LogP contribution in [0, 0.1) is 20.2 Å². The van der Waals surface area contributed by atoms with Gasteiger partial charge in [0.25, 0.3) is 11.2 Å². The summed E-state index contributed by atoms with van der Waals surface area (Å²) in [5.74, 6) is -1.20. The molecule has 41 heavy (non-hydrogen) atoms. The van der Waals surface area contributed by atoms with Gasteiger partial charge in [-0.15, -0.1) is 0 Å². The van der Waals surface area contributed by atoms with Crippen molar-refractivity contribution in [1.29, 1.82) is 0 Å². The third kappa shape index (κ3) is 5.56. The molecule has 15 heteroatoms. The maximum absolute atomic E-state index is 13.9. The van der Waals surface area contributed by atoms with Crippen LogP contribution < -0.4 is 19.6 Å². The van der Waals surface area contributed by atoms with Crippen LogP contribution in [0.5, 0.6) is 11.5 Å². The van der Waals surface area contributed by atoms with Crippen molar-refractivity contribution in [3.05, 3.63) is 97.7 Å². The summed E-state index contributed by atoms with van der Waals surface area (Å²) in [5, 5.41) is 33.6. The molecule has 4 rings (SSSR count). The fourth-order valence-electron chi connectivity index (χ4n) is 4.46. The number of allylic oxidation sites excluding steroid dienone is 1. The van der Waals surface area contributed by atoms with Gasteiger partial charge in [0.2, 0.25) is 5.75 Å². The predicted molar refractivity (Wildman–Crippen MR) is 149 cm³/mol. The van der Waals surface area contributed by atoms with Gasteiger partial charge >= 0.3 is 11.7 Å². The Morgan fingerprint density at radius 1 is 1.22 bits per heavy atom. The quantitative estimate of drug-likeness (QED) is 0.217. The number of thiazole rings is 1. The average molecular weight is 603 g/mol. The van der Waals surface area contributed by atoms with E-state index in [2.05, 4.69) is 4.99 Å². The fourth-order valence-corrected chi connectivity index (χ4v) is 5.65. The minimum absolute atomic E-state index is 0.0548. The van der Waals surface area contributed by atoms with Gasteiger partial charge in [0.1, 0.15) is 11.8 Å². The molecule has 0 saturated heterocycles. The molecular weight excluding hydrogens is 580 g/mol. The van der Waals surface area contributed by atoms with Crippen molar-refractivity contribution in [2.45, 2.75) is 32.7 Å². The van der Waals surface area contributed by atoms with Crippen LogP contribution in [0.1, 0.15) is 43.9 Å². The fraction of sp³-hybridized carbons (Fsp3) is 0.269. The lowest BCUT2D eigenvalue weighted by Gasteiger charge is -2.27. The Bertz CT molecular complexity index is 1800. The summed E-state index contributed by atoms with van der Waals surface area (Å²) in [7, 11) is 1.43. The molecule has 1 aliphatic heterocycles. The van der Waals surface area contributed by atoms with Crippen LogP contribution in [-0.2, 0) is 9.53 Å². The third-order valence-electron chi connectivity index (χ3n) is 6.18. The Labute approximate surface area is 240 Å². The highest BCUT2D eigenvalue weighted by atomic mass is 35.5. The van der Waals surface area contributed by atoms with Gasteiger partial charge in [0, 0.05) is 22.2 Å². The molecule has 2 aromatic carbocycles. The van der Waals surface area contributed by atoms with Crippen molar-refractivity contribution in [2.24, 2.45) is 4.99 Å². The summed E-state index contributed by atoms with van der Waals surface area (Å²) >= 11 is 7.20. The van der Waals surface area contributed by atoms with E-state index in [-0.39, 0.29) is 27.1 Å². The highest BCUT2D eigenvalue weighted by molar-refractivity contribution is 7.07. The maximum Gasteiger partial charge on any atom is 0.338 e. The van der Waals surface area contributed by atoms with Gasteiger partial charge in [-0.1, -0.05) is 36.3 Å². The van der Waals surface area contributed by atoms with Crippen LogP contribution in [-0.4, -0.2) is 39.2 Å². The number of non-ortho nitro benzene ring substituents is 1. The molecular formula is C26H23ClN4O9S. The summed E-state index contributed by atoms with van der Waals surface area (Å²) in [6, 6.07) is 5.22. The minimum Gasteiger partial charge on any atom is -0.502 e. The van der Waals surface area contributed by atoms with E-state index >= 15 is 0 Å². The molecule has 0 saturated carbocycles. The molecule has 0 bridgehead atoms. The number of hydrogen-bond acceptors (Lipinski definition) is 11. The molecule has 0 aliphatic carbocycles. The molecule has 13 nitrogen and oxygen atoms in total. The highest BCUT2D eigenvalue weighted by Crippen LogP contribution is 2.38. The zero-order valence-electron chi connectivity index (χ0n) is 22.0. The average Bonchev–Trinajstić information content (AvgIpc) is 3.23. The number of phenolic OH excluding ortho intramolecular Hbond substituents is 1. The first-order chi connectivity index (χ1) is 19.5. The van der Waals surface area contributed by atoms with Gasteiger partial charge in [-0.3, -0.25) is 29.6 Å². The maximum atomic E-state index is 13.9. The van der Waals surface area contributed by atoms with Crippen molar-refractivity contribution in [1.82, 2.24) is 4.57 Å². The highest BCUT2D eigenvalue weighted by Gasteiger charge is 2.36. The number of aromatic nitrogens is 1. The predicted octanol–water partition coefficient (Wildman–Crippen LogP) is 3.76. The summed E-state index contributed by atoms with van der Waals surface area (Å²) in [6.07, 6.45) is 2.09. The molecule has 214 valence electrons. The van der Waals surface area contributed by atoms with Gasteiger partial charge in [-0.25, -0.2) is 9.79 Å². The molecule has 3 aromatic rings. The number of benzene rings is 2. The van der Waals surface area contributed by atoms with Gasteiger partial charge in [-0.05, 0) is 37.6 Å². The van der Waals surface area contributed by atoms with Crippen molar-refractivity contribution < 1.29 is 29.2 Å². The van der Waals surface area contributed by atoms with Gasteiger partial charge in [-0.2, -0.15) is 0 Å². The number of esters is 1. The molecule has 0 spiro atoms. The number of carbonyl (C=O) groups is 1. The number of nitro benzene ring substituents is 2. The van der Waals surface area contributed by atoms with Gasteiger partial charge < -0.3 is 14.6 Å². The molecule has 0 unspecified atom stereocenters. The number of nitrogens with zero attached hydrogens (tertiary/aromatic N) is 4. The first kappa shape index (κ1) is 29.4. The van der Waals surface area contributed by atoms with Crippen molar-refractivity contribution in [3.8, 4) is 11.5 Å². The van der Waals surface area contributed by atoms with Gasteiger partial charge in [0.15, 0.2) is 4.80 Å². The topological polar surface area (TPSA) is 176 Å². The smallest absolute Gasteiger partial charge is 0.338 e. The number of aromatic hydroxyl groups is 1. The van der Waals surface area contributed by atoms with Crippen LogP contribution in [0.4, 0.5) is 11.4 Å². The van der Waals surface area contributed by atoms with Crippen LogP contribution in [0.2, 0.25) is 5.02 Å². The van der Waals surface area contributed by atoms with Crippen molar-refractivity contribution in [3.63, 3.8) is 0 Å². The minimum atomic E-state index is -1.07. The van der Waals surface area contributed by atoms with Crippen molar-refractivity contribution >= 4 is 46.4 Å². The largest absolute Gasteiger partial charge is 0.502 e. The lowest BCUT2D eigenvalue weighted by molar-refractivity contribution is -0.394. The van der Waals surface area contributed by atoms with E-state index in [9.17, 15) is 34.9 Å². The summed E-state index contributed by atoms with van der Waals surface area (Å²) < 4.78 is 12.1. The molecule has 0 radical (unpaired) electrons. The lowest BCUT2D eigenvalue weighted by atomic mass is 9.93. The van der Waals surface area contributed by atoms with E-state index < -0.39 is 44.5 Å². The summed E-state index contributed by atoms with van der Waals surface area (Å²) in [5.41, 5.74) is -1.65. The second-order valence-electron chi connectivity index (χ2n) is 8.72. The van der Waals surface area contributed by atoms with E-state index in [1.54, 1.807) is 25.1 Å². The number of phenols is 1. The molecule has 0 fully saturated rings. The zero-order chi connectivity index (χ0) is 30.0. The number of carbonyl (C=O) groups excluding carboxylic acids is 1. The Balaban J connectivity index is 2.09. The first-order valence-electron chi connectivity index (χ1n) is 12.2.